The van der Waals surface area contributed by atoms with Crippen molar-refractivity contribution in [1.82, 2.24) is 9.80 Å². The number of carbonyl (C=O) groups is 2. The maximum Gasteiger partial charge on any atom is 0.226 e. The van der Waals surface area contributed by atoms with Crippen LogP contribution >= 0.6 is 0 Å². The van der Waals surface area contributed by atoms with E-state index in [9.17, 15) is 9.59 Å². The van der Waals surface area contributed by atoms with E-state index in [0.29, 0.717) is 25.3 Å². The lowest BCUT2D eigenvalue weighted by Crippen LogP contribution is -2.40. The summed E-state index contributed by atoms with van der Waals surface area (Å²) in [6.07, 6.45) is 4.90. The van der Waals surface area contributed by atoms with Crippen LogP contribution in [-0.4, -0.2) is 55.5 Å². The van der Waals surface area contributed by atoms with Gasteiger partial charge < -0.3 is 19.3 Å². The van der Waals surface area contributed by atoms with Gasteiger partial charge in [0.15, 0.2) is 11.5 Å². The molecule has 3 aliphatic rings. The molecule has 2 aliphatic heterocycles. The molecule has 27 heavy (non-hydrogen) atoms. The van der Waals surface area contributed by atoms with Gasteiger partial charge in [-0.1, -0.05) is 0 Å². The first kappa shape index (κ1) is 18.1. The molecule has 2 atom stereocenters. The molecular weight excluding hydrogens is 344 g/mol. The minimum Gasteiger partial charge on any atom is -0.493 e. The summed E-state index contributed by atoms with van der Waals surface area (Å²) in [6, 6.07) is 3.98. The van der Waals surface area contributed by atoms with E-state index < -0.39 is 0 Å². The van der Waals surface area contributed by atoms with Crippen LogP contribution in [0.1, 0.15) is 36.8 Å². The molecule has 146 valence electrons. The summed E-state index contributed by atoms with van der Waals surface area (Å²) in [5, 5.41) is 0. The topological polar surface area (TPSA) is 59.1 Å². The van der Waals surface area contributed by atoms with Crippen molar-refractivity contribution in [2.75, 3.05) is 33.9 Å². The van der Waals surface area contributed by atoms with Crippen molar-refractivity contribution in [2.45, 2.75) is 38.6 Å². The number of methoxy groups -OCH3 is 2. The minimum absolute atomic E-state index is 0.0950. The molecule has 2 fully saturated rings. The molecule has 0 N–H and O–H groups in total. The number of ether oxygens (including phenoxy) is 2. The molecule has 0 spiro atoms. The first-order chi connectivity index (χ1) is 13.1. The third kappa shape index (κ3) is 3.49. The van der Waals surface area contributed by atoms with Crippen LogP contribution in [0, 0.1) is 11.8 Å². The van der Waals surface area contributed by atoms with Gasteiger partial charge in [-0.05, 0) is 55.4 Å². The van der Waals surface area contributed by atoms with E-state index in [0.717, 1.165) is 43.7 Å². The first-order valence-corrected chi connectivity index (χ1v) is 9.93. The predicted molar refractivity (Wildman–Crippen MR) is 101 cm³/mol. The molecular formula is C21H28N2O4. The molecule has 4 rings (SSSR count). The summed E-state index contributed by atoms with van der Waals surface area (Å²) >= 11 is 0. The minimum atomic E-state index is -0.124. The van der Waals surface area contributed by atoms with Crippen molar-refractivity contribution >= 4 is 11.8 Å². The Bertz CT molecular complexity index is 742. The summed E-state index contributed by atoms with van der Waals surface area (Å²) in [6.45, 7) is 2.99. The monoisotopic (exact) mass is 372 g/mol. The third-order valence-corrected chi connectivity index (χ3v) is 6.12. The van der Waals surface area contributed by atoms with Gasteiger partial charge in [0.1, 0.15) is 0 Å². The lowest BCUT2D eigenvalue weighted by atomic mass is 9.98. The van der Waals surface area contributed by atoms with E-state index in [2.05, 4.69) is 0 Å². The fourth-order valence-corrected chi connectivity index (χ4v) is 4.40. The van der Waals surface area contributed by atoms with Crippen LogP contribution in [0.2, 0.25) is 0 Å². The second-order valence-electron chi connectivity index (χ2n) is 7.82. The van der Waals surface area contributed by atoms with Crippen LogP contribution in [0.3, 0.4) is 0 Å². The summed E-state index contributed by atoms with van der Waals surface area (Å²) in [5.74, 6) is 1.52. The molecule has 1 aliphatic carbocycles. The standard InChI is InChI=1S/C21H28N2O4/c1-26-18-10-14-6-9-23(13-15(14)11-19(18)27-2)21(25)17-12-16(17)20(24)22-7-4-3-5-8-22/h10-11,16-17H,3-9,12-13H2,1-2H3. The van der Waals surface area contributed by atoms with Crippen molar-refractivity contribution in [1.29, 1.82) is 0 Å². The number of carbonyl (C=O) groups excluding carboxylic acids is 2. The predicted octanol–water partition coefficient (Wildman–Crippen LogP) is 2.24. The molecule has 0 bridgehead atoms. The van der Waals surface area contributed by atoms with Crippen molar-refractivity contribution < 1.29 is 19.1 Å². The van der Waals surface area contributed by atoms with Crippen LogP contribution in [0.15, 0.2) is 12.1 Å². The number of likely N-dealkylation sites (tertiary alicyclic amines) is 1. The molecule has 1 aromatic rings. The van der Waals surface area contributed by atoms with Crippen LogP contribution in [0.4, 0.5) is 0 Å². The van der Waals surface area contributed by atoms with Crippen LogP contribution in [-0.2, 0) is 22.6 Å². The smallest absolute Gasteiger partial charge is 0.226 e. The Morgan fingerprint density at radius 1 is 0.852 bits per heavy atom. The van der Waals surface area contributed by atoms with Gasteiger partial charge in [0, 0.05) is 26.2 Å². The molecule has 0 aromatic heterocycles. The number of benzene rings is 1. The summed E-state index contributed by atoms with van der Waals surface area (Å²) in [4.78, 5) is 29.4. The van der Waals surface area contributed by atoms with Crippen LogP contribution in [0.5, 0.6) is 11.5 Å². The zero-order valence-corrected chi connectivity index (χ0v) is 16.2. The summed E-state index contributed by atoms with van der Waals surface area (Å²) < 4.78 is 10.8. The highest BCUT2D eigenvalue weighted by Gasteiger charge is 2.51. The van der Waals surface area contributed by atoms with E-state index in [1.54, 1.807) is 14.2 Å². The summed E-state index contributed by atoms with van der Waals surface area (Å²) in [7, 11) is 3.26. The lowest BCUT2D eigenvalue weighted by Gasteiger charge is -2.30. The zero-order valence-electron chi connectivity index (χ0n) is 16.2. The fraction of sp³-hybridized carbons (Fsp3) is 0.619. The Hall–Kier alpha value is -2.24. The number of nitrogens with zero attached hydrogens (tertiary/aromatic N) is 2. The van der Waals surface area contributed by atoms with E-state index in [-0.39, 0.29) is 23.7 Å². The van der Waals surface area contributed by atoms with Gasteiger partial charge in [-0.15, -0.1) is 0 Å². The number of hydrogen-bond donors (Lipinski definition) is 0. The molecule has 6 nitrogen and oxygen atoms in total. The number of piperidine rings is 1. The highest BCUT2D eigenvalue weighted by molar-refractivity contribution is 5.92. The number of hydrogen-bond acceptors (Lipinski definition) is 4. The normalized spacial score (nSPS) is 24.2. The van der Waals surface area contributed by atoms with Crippen molar-refractivity contribution in [2.24, 2.45) is 11.8 Å². The third-order valence-electron chi connectivity index (χ3n) is 6.12. The second kappa shape index (κ2) is 7.41. The SMILES string of the molecule is COc1cc2c(cc1OC)CN(C(=O)C1CC1C(=O)N1CCCCC1)CC2. The molecule has 1 saturated heterocycles. The van der Waals surface area contributed by atoms with Gasteiger partial charge in [0.2, 0.25) is 11.8 Å². The maximum absolute atomic E-state index is 12.9. The highest BCUT2D eigenvalue weighted by atomic mass is 16.5. The molecule has 2 amide bonds. The summed E-state index contributed by atoms with van der Waals surface area (Å²) in [5.41, 5.74) is 2.31. The molecule has 2 unspecified atom stereocenters. The quantitative estimate of drug-likeness (QED) is 0.813. The molecule has 1 aromatic carbocycles. The Morgan fingerprint density at radius 2 is 1.44 bits per heavy atom. The van der Waals surface area contributed by atoms with Crippen molar-refractivity contribution in [3.8, 4) is 11.5 Å². The highest BCUT2D eigenvalue weighted by Crippen LogP contribution is 2.43. The van der Waals surface area contributed by atoms with E-state index in [4.69, 9.17) is 9.47 Å². The largest absolute Gasteiger partial charge is 0.493 e. The fourth-order valence-electron chi connectivity index (χ4n) is 4.40. The number of amides is 2. The average Bonchev–Trinajstić information content (AvgIpc) is 3.52. The first-order valence-electron chi connectivity index (χ1n) is 9.93. The van der Waals surface area contributed by atoms with Crippen molar-refractivity contribution in [3.05, 3.63) is 23.3 Å². The Kier molecular flexibility index (Phi) is 4.98. The van der Waals surface area contributed by atoms with Crippen molar-refractivity contribution in [3.63, 3.8) is 0 Å². The molecule has 1 saturated carbocycles. The van der Waals surface area contributed by atoms with Gasteiger partial charge in [-0.25, -0.2) is 0 Å². The second-order valence-corrected chi connectivity index (χ2v) is 7.82. The Balaban J connectivity index is 1.40. The Morgan fingerprint density at radius 3 is 2.07 bits per heavy atom. The van der Waals surface area contributed by atoms with Crippen LogP contribution in [0.25, 0.3) is 0 Å². The average molecular weight is 372 g/mol. The zero-order chi connectivity index (χ0) is 19.0. The molecule has 2 heterocycles. The van der Waals surface area contributed by atoms with Gasteiger partial charge in [-0.2, -0.15) is 0 Å². The van der Waals surface area contributed by atoms with Gasteiger partial charge in [-0.3, -0.25) is 9.59 Å². The van der Waals surface area contributed by atoms with E-state index in [1.807, 2.05) is 21.9 Å². The molecule has 0 radical (unpaired) electrons. The van der Waals surface area contributed by atoms with Gasteiger partial charge in [0.05, 0.1) is 26.1 Å². The van der Waals surface area contributed by atoms with Gasteiger partial charge >= 0.3 is 0 Å². The molecule has 6 heteroatoms. The Labute approximate surface area is 160 Å². The maximum atomic E-state index is 12.9. The van der Waals surface area contributed by atoms with E-state index in [1.165, 1.54) is 12.0 Å². The van der Waals surface area contributed by atoms with Gasteiger partial charge in [0.25, 0.3) is 0 Å². The van der Waals surface area contributed by atoms with E-state index >= 15 is 0 Å². The number of rotatable bonds is 4. The lowest BCUT2D eigenvalue weighted by molar-refractivity contribution is -0.138. The van der Waals surface area contributed by atoms with Crippen LogP contribution < -0.4 is 9.47 Å². The number of fused-ring (bicyclic) bond motifs is 1.